The molecule has 3 fully saturated rings. The van der Waals surface area contributed by atoms with Crippen LogP contribution in [0.2, 0.25) is 0 Å². The molecule has 4 aliphatic carbocycles. The highest BCUT2D eigenvalue weighted by Crippen LogP contribution is 2.68. The Morgan fingerprint density at radius 2 is 1.85 bits per heavy atom. The molecule has 0 radical (unpaired) electrons. The van der Waals surface area contributed by atoms with Crippen LogP contribution in [0.15, 0.2) is 24.0 Å². The average Bonchev–Trinajstić information content (AvgIpc) is 2.86. The molecule has 0 N–H and O–H groups in total. The molecule has 0 heterocycles. The molecule has 0 bridgehead atoms. The molecule has 0 aliphatic heterocycles. The molecule has 0 saturated heterocycles. The van der Waals surface area contributed by atoms with Gasteiger partial charge in [-0.3, -0.25) is 4.79 Å². The quantitative estimate of drug-likeness (QED) is 0.561. The maximum Gasteiger partial charge on any atom is 0.155 e. The number of carbonyl (C=O) groups is 1. The van der Waals surface area contributed by atoms with Crippen molar-refractivity contribution in [3.63, 3.8) is 0 Å². The van der Waals surface area contributed by atoms with Gasteiger partial charge in [-0.2, -0.15) is 0 Å². The summed E-state index contributed by atoms with van der Waals surface area (Å²) in [5.74, 6) is 3.61. The van der Waals surface area contributed by atoms with Crippen LogP contribution in [0.3, 0.4) is 0 Å². The zero-order chi connectivity index (χ0) is 18.7. The summed E-state index contributed by atoms with van der Waals surface area (Å²) in [5, 5.41) is 0. The molecule has 6 unspecified atom stereocenters. The molecule has 0 spiro atoms. The highest BCUT2D eigenvalue weighted by Gasteiger charge is 2.63. The molecule has 0 aromatic heterocycles. The smallest absolute Gasteiger partial charge is 0.155 e. The fraction of sp³-hybridized carbons (Fsp3) is 0.792. The maximum atomic E-state index is 12.0. The van der Waals surface area contributed by atoms with E-state index >= 15 is 0 Å². The topological polar surface area (TPSA) is 26.3 Å². The van der Waals surface area contributed by atoms with Crippen molar-refractivity contribution >= 4 is 5.78 Å². The van der Waals surface area contributed by atoms with Crippen molar-refractivity contribution in [2.75, 3.05) is 0 Å². The Balaban J connectivity index is 1.63. The molecule has 2 nitrogen and oxygen atoms in total. The van der Waals surface area contributed by atoms with Crippen LogP contribution in [0, 0.1) is 28.6 Å². The lowest BCUT2D eigenvalue weighted by Crippen LogP contribution is -2.54. The van der Waals surface area contributed by atoms with Crippen molar-refractivity contribution in [2.24, 2.45) is 28.6 Å². The second-order valence-corrected chi connectivity index (χ2v) is 10.2. The minimum atomic E-state index is -0.0602. The lowest BCUT2D eigenvalue weighted by Gasteiger charge is -2.59. The van der Waals surface area contributed by atoms with E-state index in [0.717, 1.165) is 55.6 Å². The van der Waals surface area contributed by atoms with Crippen molar-refractivity contribution in [1.82, 2.24) is 0 Å². The molecule has 2 heteroatoms. The van der Waals surface area contributed by atoms with Gasteiger partial charge in [-0.15, -0.1) is 0 Å². The molecule has 4 aliphatic rings. The van der Waals surface area contributed by atoms with Gasteiger partial charge in [0.2, 0.25) is 0 Å². The summed E-state index contributed by atoms with van der Waals surface area (Å²) >= 11 is 0. The third-order valence-corrected chi connectivity index (χ3v) is 9.26. The second kappa shape index (κ2) is 5.97. The Morgan fingerprint density at radius 1 is 1.12 bits per heavy atom. The predicted octanol–water partition coefficient (Wildman–Crippen LogP) is 6.22. The van der Waals surface area contributed by atoms with Gasteiger partial charge in [0, 0.05) is 18.3 Å². The Hall–Kier alpha value is -1.05. The van der Waals surface area contributed by atoms with Gasteiger partial charge < -0.3 is 4.74 Å². The number of hydrogen-bond acceptors (Lipinski definition) is 2. The van der Waals surface area contributed by atoms with E-state index in [4.69, 9.17) is 4.74 Å². The van der Waals surface area contributed by atoms with E-state index in [1.165, 1.54) is 31.3 Å². The first-order valence-electron chi connectivity index (χ1n) is 10.8. The van der Waals surface area contributed by atoms with Crippen LogP contribution in [0.4, 0.5) is 0 Å². The number of rotatable bonds is 3. The standard InChI is InChI=1S/C24H36O2/c1-6-16(2)26-24(5)14-11-21-19-8-7-17-15-18(25)9-12-22(17,3)20(19)10-13-23(21,24)4/h15,19-21H,2,6-14H2,1,3-5H3. The van der Waals surface area contributed by atoms with Crippen LogP contribution in [0.25, 0.3) is 0 Å². The molecule has 0 amide bonds. The summed E-state index contributed by atoms with van der Waals surface area (Å²) in [4.78, 5) is 12.0. The zero-order valence-corrected chi connectivity index (χ0v) is 17.2. The van der Waals surface area contributed by atoms with Gasteiger partial charge in [-0.25, -0.2) is 0 Å². The number of allylic oxidation sites excluding steroid dienone is 2. The molecular weight excluding hydrogens is 320 g/mol. The Kier molecular flexibility index (Phi) is 4.21. The van der Waals surface area contributed by atoms with Gasteiger partial charge in [-0.1, -0.05) is 32.9 Å². The monoisotopic (exact) mass is 356 g/mol. The highest BCUT2D eigenvalue weighted by atomic mass is 16.5. The lowest BCUT2D eigenvalue weighted by molar-refractivity contribution is -0.132. The fourth-order valence-electron chi connectivity index (χ4n) is 7.34. The van der Waals surface area contributed by atoms with Crippen molar-refractivity contribution in [3.8, 4) is 0 Å². The Morgan fingerprint density at radius 3 is 2.58 bits per heavy atom. The SMILES string of the molecule is C=C(CC)OC1(C)CCC2C3CCC4=CC(=O)CCC4(C)C3CCC21C. The van der Waals surface area contributed by atoms with Gasteiger partial charge >= 0.3 is 0 Å². The summed E-state index contributed by atoms with van der Waals surface area (Å²) < 4.78 is 6.50. The number of hydrogen-bond donors (Lipinski definition) is 0. The van der Waals surface area contributed by atoms with Crippen LogP contribution >= 0.6 is 0 Å². The zero-order valence-electron chi connectivity index (χ0n) is 17.2. The molecule has 0 aromatic carbocycles. The lowest BCUT2D eigenvalue weighted by atomic mass is 9.46. The molecule has 144 valence electrons. The minimum Gasteiger partial charge on any atom is -0.492 e. The summed E-state index contributed by atoms with van der Waals surface area (Å²) in [6.45, 7) is 13.6. The van der Waals surface area contributed by atoms with Crippen molar-refractivity contribution in [3.05, 3.63) is 24.0 Å². The van der Waals surface area contributed by atoms with Gasteiger partial charge in [-0.05, 0) is 81.1 Å². The molecule has 3 saturated carbocycles. The van der Waals surface area contributed by atoms with Crippen molar-refractivity contribution in [1.29, 1.82) is 0 Å². The summed E-state index contributed by atoms with van der Waals surface area (Å²) in [6.07, 6.45) is 12.1. The van der Waals surface area contributed by atoms with Crippen LogP contribution < -0.4 is 0 Å². The molecule has 0 aromatic rings. The fourth-order valence-corrected chi connectivity index (χ4v) is 7.34. The van der Waals surface area contributed by atoms with E-state index in [0.29, 0.717) is 5.78 Å². The molecule has 4 rings (SSSR count). The van der Waals surface area contributed by atoms with Gasteiger partial charge in [0.1, 0.15) is 5.60 Å². The van der Waals surface area contributed by atoms with E-state index in [1.54, 1.807) is 0 Å². The summed E-state index contributed by atoms with van der Waals surface area (Å²) in [7, 11) is 0. The van der Waals surface area contributed by atoms with Crippen LogP contribution in [0.5, 0.6) is 0 Å². The van der Waals surface area contributed by atoms with E-state index < -0.39 is 0 Å². The first-order chi connectivity index (χ1) is 12.2. The number of fused-ring (bicyclic) bond motifs is 5. The third kappa shape index (κ3) is 2.39. The Labute approximate surface area is 159 Å². The molecular formula is C24H36O2. The van der Waals surface area contributed by atoms with E-state index in [2.05, 4.69) is 34.3 Å². The van der Waals surface area contributed by atoms with Crippen LogP contribution in [0.1, 0.15) is 85.5 Å². The first-order valence-corrected chi connectivity index (χ1v) is 10.8. The predicted molar refractivity (Wildman–Crippen MR) is 106 cm³/mol. The number of ketones is 1. The normalized spacial score (nSPS) is 47.5. The van der Waals surface area contributed by atoms with Gasteiger partial charge in [0.15, 0.2) is 5.78 Å². The molecule has 26 heavy (non-hydrogen) atoms. The van der Waals surface area contributed by atoms with E-state index in [1.807, 2.05) is 6.08 Å². The number of carbonyl (C=O) groups excluding carboxylic acids is 1. The second-order valence-electron chi connectivity index (χ2n) is 10.2. The number of ether oxygens (including phenoxy) is 1. The van der Waals surface area contributed by atoms with E-state index in [-0.39, 0.29) is 16.4 Å². The third-order valence-electron chi connectivity index (χ3n) is 9.26. The van der Waals surface area contributed by atoms with Crippen LogP contribution in [-0.2, 0) is 9.53 Å². The van der Waals surface area contributed by atoms with Gasteiger partial charge in [0.25, 0.3) is 0 Å². The highest BCUT2D eigenvalue weighted by molar-refractivity contribution is 5.91. The van der Waals surface area contributed by atoms with Gasteiger partial charge in [0.05, 0.1) is 5.76 Å². The minimum absolute atomic E-state index is 0.0602. The van der Waals surface area contributed by atoms with Crippen molar-refractivity contribution in [2.45, 2.75) is 91.1 Å². The van der Waals surface area contributed by atoms with Crippen molar-refractivity contribution < 1.29 is 9.53 Å². The van der Waals surface area contributed by atoms with Crippen LogP contribution in [-0.4, -0.2) is 11.4 Å². The Bertz CT molecular complexity index is 661. The molecule has 6 atom stereocenters. The largest absolute Gasteiger partial charge is 0.492 e. The van der Waals surface area contributed by atoms with E-state index in [9.17, 15) is 4.79 Å². The summed E-state index contributed by atoms with van der Waals surface area (Å²) in [6, 6.07) is 0. The average molecular weight is 357 g/mol. The first kappa shape index (κ1) is 18.3. The maximum absolute atomic E-state index is 12.0. The summed E-state index contributed by atoms with van der Waals surface area (Å²) in [5.41, 5.74) is 1.93.